The van der Waals surface area contributed by atoms with Crippen LogP contribution in [0.5, 0.6) is 0 Å². The molecule has 0 amide bonds. The number of para-hydroxylation sites is 1. The summed E-state index contributed by atoms with van der Waals surface area (Å²) in [5.41, 5.74) is 2.73. The van der Waals surface area contributed by atoms with Crippen LogP contribution in [-0.4, -0.2) is 25.5 Å². The van der Waals surface area contributed by atoms with E-state index >= 15 is 0 Å². The normalized spacial score (nSPS) is 17.5. The number of anilines is 1. The van der Waals surface area contributed by atoms with Crippen LogP contribution in [0.3, 0.4) is 0 Å². The van der Waals surface area contributed by atoms with Crippen LogP contribution in [0.2, 0.25) is 5.02 Å². The molecule has 2 heterocycles. The fourth-order valence-corrected chi connectivity index (χ4v) is 5.13. The molecule has 10 heteroatoms. The van der Waals surface area contributed by atoms with Gasteiger partial charge < -0.3 is 5.32 Å². The molecule has 0 bridgehead atoms. The lowest BCUT2D eigenvalue weighted by atomic mass is 9.85. The van der Waals surface area contributed by atoms with Crippen molar-refractivity contribution in [3.63, 3.8) is 0 Å². The molecule has 162 valence electrons. The Bertz CT molecular complexity index is 1270. The number of nitrogens with one attached hydrogen (secondary N) is 1. The summed E-state index contributed by atoms with van der Waals surface area (Å²) in [6.07, 6.45) is 1.84. The Hall–Kier alpha value is -3.17. The van der Waals surface area contributed by atoms with Crippen LogP contribution in [0.15, 0.2) is 65.0 Å². The van der Waals surface area contributed by atoms with Gasteiger partial charge in [0.25, 0.3) is 5.69 Å². The first-order chi connectivity index (χ1) is 15.5. The van der Waals surface area contributed by atoms with E-state index in [1.165, 1.54) is 17.8 Å². The highest BCUT2D eigenvalue weighted by Gasteiger charge is 2.39. The number of benzene rings is 2. The lowest BCUT2D eigenvalue weighted by Gasteiger charge is -2.31. The zero-order valence-corrected chi connectivity index (χ0v) is 18.4. The molecule has 2 aliphatic rings. The van der Waals surface area contributed by atoms with Gasteiger partial charge in [0.05, 0.1) is 10.5 Å². The van der Waals surface area contributed by atoms with Crippen LogP contribution in [0.25, 0.3) is 0 Å². The monoisotopic (exact) mass is 467 g/mol. The van der Waals surface area contributed by atoms with E-state index in [1.807, 2.05) is 24.3 Å². The number of fused-ring (bicyclic) bond motifs is 1. The molecule has 8 nitrogen and oxygen atoms in total. The largest absolute Gasteiger partial charge is 0.328 e. The summed E-state index contributed by atoms with van der Waals surface area (Å²) < 4.78 is 1.60. The number of halogens is 1. The highest BCUT2D eigenvalue weighted by atomic mass is 35.5. The van der Waals surface area contributed by atoms with Gasteiger partial charge in [-0.05, 0) is 36.6 Å². The van der Waals surface area contributed by atoms with Crippen molar-refractivity contribution < 1.29 is 9.72 Å². The van der Waals surface area contributed by atoms with E-state index in [9.17, 15) is 14.9 Å². The van der Waals surface area contributed by atoms with E-state index in [1.54, 1.807) is 22.9 Å². The molecule has 0 saturated heterocycles. The second kappa shape index (κ2) is 8.40. The second-order valence-corrected chi connectivity index (χ2v) is 8.97. The predicted octanol–water partition coefficient (Wildman–Crippen LogP) is 5.15. The summed E-state index contributed by atoms with van der Waals surface area (Å²) in [7, 11) is 0. The van der Waals surface area contributed by atoms with Gasteiger partial charge in [-0.15, -0.1) is 5.10 Å². The van der Waals surface area contributed by atoms with Crippen LogP contribution in [-0.2, 0) is 10.5 Å². The lowest BCUT2D eigenvalue weighted by molar-refractivity contribution is -0.385. The number of carbonyl (C=O) groups is 1. The van der Waals surface area contributed by atoms with E-state index in [0.29, 0.717) is 45.9 Å². The molecule has 2 aromatic carbocycles. The molecule has 1 atom stereocenters. The molecular formula is C22H18ClN5O3S. The molecule has 0 saturated carbocycles. The van der Waals surface area contributed by atoms with Crippen molar-refractivity contribution in [2.45, 2.75) is 36.2 Å². The third kappa shape index (κ3) is 3.78. The summed E-state index contributed by atoms with van der Waals surface area (Å²) in [5, 5.41) is 20.8. The first kappa shape index (κ1) is 20.7. The number of thioether (sulfide) groups is 1. The van der Waals surface area contributed by atoms with Crippen molar-refractivity contribution in [3.8, 4) is 0 Å². The maximum Gasteiger partial charge on any atom is 0.275 e. The Kier molecular flexibility index (Phi) is 5.44. The molecule has 0 fully saturated rings. The number of allylic oxidation sites excluding steroid dienone is 2. The summed E-state index contributed by atoms with van der Waals surface area (Å²) in [5.74, 6) is 1.08. The topological polar surface area (TPSA) is 103 Å². The Balaban J connectivity index is 1.56. The number of ketones is 1. The molecule has 0 spiro atoms. The van der Waals surface area contributed by atoms with Crippen molar-refractivity contribution >= 4 is 40.8 Å². The number of hydrogen-bond donors (Lipinski definition) is 1. The highest BCUT2D eigenvalue weighted by Crippen LogP contribution is 2.43. The number of rotatable bonds is 5. The molecule has 1 aliphatic heterocycles. The van der Waals surface area contributed by atoms with Crippen molar-refractivity contribution in [1.29, 1.82) is 0 Å². The van der Waals surface area contributed by atoms with E-state index in [2.05, 4.69) is 15.4 Å². The molecule has 5 rings (SSSR count). The molecular weight excluding hydrogens is 450 g/mol. The number of hydrogen-bond acceptors (Lipinski definition) is 7. The first-order valence-corrected chi connectivity index (χ1v) is 11.5. The summed E-state index contributed by atoms with van der Waals surface area (Å²) in [6, 6.07) is 13.4. The average molecular weight is 468 g/mol. The quantitative estimate of drug-likeness (QED) is 0.314. The van der Waals surface area contributed by atoms with Gasteiger partial charge in [0.2, 0.25) is 11.1 Å². The molecule has 1 aromatic heterocycles. The Morgan fingerprint density at radius 1 is 1.22 bits per heavy atom. The van der Waals surface area contributed by atoms with Crippen molar-refractivity contribution in [3.05, 3.63) is 86.1 Å². The molecule has 3 aromatic rings. The molecule has 0 unspecified atom stereocenters. The van der Waals surface area contributed by atoms with Crippen LogP contribution < -0.4 is 5.32 Å². The predicted molar refractivity (Wildman–Crippen MR) is 122 cm³/mol. The van der Waals surface area contributed by atoms with Crippen LogP contribution in [0.4, 0.5) is 11.6 Å². The van der Waals surface area contributed by atoms with Gasteiger partial charge in [0, 0.05) is 34.5 Å². The summed E-state index contributed by atoms with van der Waals surface area (Å²) in [4.78, 5) is 28.8. The number of nitrogens with zero attached hydrogens (tertiary/aromatic N) is 4. The second-order valence-electron chi connectivity index (χ2n) is 7.59. The van der Waals surface area contributed by atoms with Gasteiger partial charge in [0.15, 0.2) is 5.78 Å². The zero-order valence-electron chi connectivity index (χ0n) is 16.8. The van der Waals surface area contributed by atoms with Crippen LogP contribution in [0.1, 0.15) is 36.4 Å². The SMILES string of the molecule is O=C1CCCC2=C1[C@@H](c1ccccc1[N+](=O)[O-])n1nc(SCc3cccc(Cl)c3)nc1N2. The van der Waals surface area contributed by atoms with E-state index in [4.69, 9.17) is 11.6 Å². The highest BCUT2D eigenvalue weighted by molar-refractivity contribution is 7.98. The molecule has 32 heavy (non-hydrogen) atoms. The summed E-state index contributed by atoms with van der Waals surface area (Å²) >= 11 is 7.51. The fourth-order valence-electron chi connectivity index (χ4n) is 4.14. The number of carbonyl (C=O) groups excluding carboxylic acids is 1. The van der Waals surface area contributed by atoms with Crippen molar-refractivity contribution in [2.24, 2.45) is 0 Å². The van der Waals surface area contributed by atoms with E-state index < -0.39 is 11.0 Å². The Labute approximate surface area is 192 Å². The number of nitro groups is 1. The van der Waals surface area contributed by atoms with Gasteiger partial charge >= 0.3 is 0 Å². The van der Waals surface area contributed by atoms with E-state index in [-0.39, 0.29) is 11.5 Å². The summed E-state index contributed by atoms with van der Waals surface area (Å²) in [6.45, 7) is 0. The third-order valence-corrected chi connectivity index (χ3v) is 6.68. The maximum atomic E-state index is 12.9. The minimum Gasteiger partial charge on any atom is -0.328 e. The zero-order chi connectivity index (χ0) is 22.2. The Morgan fingerprint density at radius 3 is 2.88 bits per heavy atom. The molecule has 0 radical (unpaired) electrons. The van der Waals surface area contributed by atoms with Gasteiger partial charge in [-0.1, -0.05) is 47.6 Å². The maximum absolute atomic E-state index is 12.9. The van der Waals surface area contributed by atoms with Gasteiger partial charge in [0.1, 0.15) is 6.04 Å². The number of Topliss-reactive ketones (excluding diaryl/α,β-unsaturated/α-hetero) is 1. The van der Waals surface area contributed by atoms with Crippen LogP contribution in [0, 0.1) is 10.1 Å². The minimum atomic E-state index is -0.691. The van der Waals surface area contributed by atoms with Crippen molar-refractivity contribution in [1.82, 2.24) is 14.8 Å². The third-order valence-electron chi connectivity index (χ3n) is 5.53. The van der Waals surface area contributed by atoms with E-state index in [0.717, 1.165) is 17.7 Å². The first-order valence-electron chi connectivity index (χ1n) is 10.1. The number of nitro benzene ring substituents is 1. The van der Waals surface area contributed by atoms with Crippen molar-refractivity contribution in [2.75, 3.05) is 5.32 Å². The molecule has 1 aliphatic carbocycles. The lowest BCUT2D eigenvalue weighted by Crippen LogP contribution is -2.31. The average Bonchev–Trinajstić information content (AvgIpc) is 3.19. The van der Waals surface area contributed by atoms with Gasteiger partial charge in [-0.3, -0.25) is 14.9 Å². The van der Waals surface area contributed by atoms with Gasteiger partial charge in [-0.2, -0.15) is 4.98 Å². The number of aromatic nitrogens is 3. The van der Waals surface area contributed by atoms with Crippen LogP contribution >= 0.6 is 23.4 Å². The standard InChI is InChI=1S/C22H18ClN5O3S/c23-14-6-3-5-13(11-14)12-32-22-25-21-24-16-8-4-10-18(29)19(16)20(27(21)26-22)15-7-1-2-9-17(15)28(30)31/h1-3,5-7,9,11,20H,4,8,10,12H2,(H,24,25,26)/t20-/m1/s1. The molecule has 1 N–H and O–H groups in total. The van der Waals surface area contributed by atoms with Gasteiger partial charge in [-0.25, -0.2) is 4.68 Å². The fraction of sp³-hybridized carbons (Fsp3) is 0.227. The smallest absolute Gasteiger partial charge is 0.275 e. The Morgan fingerprint density at radius 2 is 2.06 bits per heavy atom. The minimum absolute atomic E-state index is 0.0174.